The first-order valence-electron chi connectivity index (χ1n) is 9.90. The highest BCUT2D eigenvalue weighted by Crippen LogP contribution is 2.31. The number of ether oxygens (including phenoxy) is 2. The Morgan fingerprint density at radius 1 is 1.07 bits per heavy atom. The van der Waals surface area contributed by atoms with Gasteiger partial charge in [0.2, 0.25) is 17.6 Å². The van der Waals surface area contributed by atoms with E-state index in [0.29, 0.717) is 36.1 Å². The summed E-state index contributed by atoms with van der Waals surface area (Å²) in [4.78, 5) is 19.0. The van der Waals surface area contributed by atoms with E-state index >= 15 is 0 Å². The predicted octanol–water partition coefficient (Wildman–Crippen LogP) is 4.12. The fraction of sp³-hybridized carbons (Fsp3) is 0.348. The average Bonchev–Trinajstić information content (AvgIpc) is 3.24. The van der Waals surface area contributed by atoms with Gasteiger partial charge in [-0.2, -0.15) is 4.98 Å². The van der Waals surface area contributed by atoms with Crippen molar-refractivity contribution in [2.75, 3.05) is 14.2 Å². The number of hydrogen-bond donors (Lipinski definition) is 0. The smallest absolute Gasteiger partial charge is 0.246 e. The van der Waals surface area contributed by atoms with Crippen molar-refractivity contribution in [2.24, 2.45) is 0 Å². The zero-order chi connectivity index (χ0) is 21.5. The molecule has 30 heavy (non-hydrogen) atoms. The lowest BCUT2D eigenvalue weighted by atomic mass is 10.1. The van der Waals surface area contributed by atoms with Crippen molar-refractivity contribution in [3.8, 4) is 22.9 Å². The molecule has 0 saturated heterocycles. The monoisotopic (exact) mass is 409 g/mol. The van der Waals surface area contributed by atoms with Gasteiger partial charge in [-0.15, -0.1) is 0 Å². The van der Waals surface area contributed by atoms with E-state index in [9.17, 15) is 4.79 Å². The summed E-state index contributed by atoms with van der Waals surface area (Å²) in [5, 5.41) is 4.06. The molecule has 1 amide bonds. The summed E-state index contributed by atoms with van der Waals surface area (Å²) in [7, 11) is 3.16. The number of hydrogen-bond acceptors (Lipinski definition) is 6. The first kappa shape index (κ1) is 21.4. The minimum atomic E-state index is 0.0182. The number of nitrogens with zero attached hydrogens (tertiary/aromatic N) is 3. The molecule has 0 atom stereocenters. The highest BCUT2D eigenvalue weighted by Gasteiger charge is 2.21. The maximum atomic E-state index is 12.8. The number of carbonyl (C=O) groups is 1. The standard InChI is InChI=1S/C23H27N3O4/c1-16(2)26(22(27)13-10-17-8-6-5-7-9-17)15-21-24-23(25-30-21)18-11-12-19(28-3)20(14-18)29-4/h5-9,11-12,14,16H,10,13,15H2,1-4H3. The molecule has 0 saturated carbocycles. The van der Waals surface area contributed by atoms with Gasteiger partial charge in [0, 0.05) is 18.0 Å². The van der Waals surface area contributed by atoms with Crippen LogP contribution in [0.3, 0.4) is 0 Å². The van der Waals surface area contributed by atoms with E-state index in [1.807, 2.05) is 50.2 Å². The second-order valence-corrected chi connectivity index (χ2v) is 7.18. The van der Waals surface area contributed by atoms with Crippen LogP contribution in [0.15, 0.2) is 53.1 Å². The number of methoxy groups -OCH3 is 2. The van der Waals surface area contributed by atoms with Crippen molar-refractivity contribution in [2.45, 2.75) is 39.3 Å². The Kier molecular flexibility index (Phi) is 7.06. The van der Waals surface area contributed by atoms with Gasteiger partial charge >= 0.3 is 0 Å². The molecule has 0 unspecified atom stereocenters. The second kappa shape index (κ2) is 9.91. The molecule has 0 fully saturated rings. The van der Waals surface area contributed by atoms with E-state index in [4.69, 9.17) is 14.0 Å². The molecule has 0 bridgehead atoms. The Hall–Kier alpha value is -3.35. The molecule has 0 radical (unpaired) electrons. The van der Waals surface area contributed by atoms with Gasteiger partial charge < -0.3 is 18.9 Å². The number of benzene rings is 2. The molecule has 0 aliphatic rings. The van der Waals surface area contributed by atoms with E-state index in [0.717, 1.165) is 11.1 Å². The molecule has 0 spiro atoms. The third kappa shape index (κ3) is 5.17. The molecule has 7 nitrogen and oxygen atoms in total. The molecule has 3 rings (SSSR count). The number of rotatable bonds is 9. The number of aromatic nitrogens is 2. The minimum Gasteiger partial charge on any atom is -0.493 e. The Morgan fingerprint density at radius 3 is 2.47 bits per heavy atom. The zero-order valence-corrected chi connectivity index (χ0v) is 17.8. The van der Waals surface area contributed by atoms with Crippen molar-refractivity contribution in [1.29, 1.82) is 0 Å². The number of aryl methyl sites for hydroxylation is 1. The molecule has 1 aromatic heterocycles. The lowest BCUT2D eigenvalue weighted by Gasteiger charge is -2.25. The minimum absolute atomic E-state index is 0.0182. The maximum absolute atomic E-state index is 12.8. The summed E-state index contributed by atoms with van der Waals surface area (Å²) in [6.07, 6.45) is 1.13. The molecular formula is C23H27N3O4. The molecular weight excluding hydrogens is 382 g/mol. The fourth-order valence-corrected chi connectivity index (χ4v) is 3.16. The van der Waals surface area contributed by atoms with Crippen molar-refractivity contribution >= 4 is 5.91 Å². The second-order valence-electron chi connectivity index (χ2n) is 7.18. The van der Waals surface area contributed by atoms with Crippen molar-refractivity contribution in [1.82, 2.24) is 15.0 Å². The third-order valence-corrected chi connectivity index (χ3v) is 4.83. The van der Waals surface area contributed by atoms with Crippen molar-refractivity contribution in [3.63, 3.8) is 0 Å². The van der Waals surface area contributed by atoms with E-state index in [1.165, 1.54) is 0 Å². The van der Waals surface area contributed by atoms with Crippen LogP contribution in [-0.4, -0.2) is 41.2 Å². The van der Waals surface area contributed by atoms with Crippen LogP contribution in [0, 0.1) is 0 Å². The van der Waals surface area contributed by atoms with Gasteiger partial charge in [0.15, 0.2) is 11.5 Å². The normalized spacial score (nSPS) is 10.8. The van der Waals surface area contributed by atoms with Crippen LogP contribution < -0.4 is 9.47 Å². The van der Waals surface area contributed by atoms with Crippen LogP contribution in [0.25, 0.3) is 11.4 Å². The maximum Gasteiger partial charge on any atom is 0.246 e. The molecule has 7 heteroatoms. The summed E-state index contributed by atoms with van der Waals surface area (Å²) in [5.74, 6) is 2.09. The number of carbonyl (C=O) groups excluding carboxylic acids is 1. The van der Waals surface area contributed by atoms with Crippen LogP contribution in [0.4, 0.5) is 0 Å². The quantitative estimate of drug-likeness (QED) is 0.529. The molecule has 0 N–H and O–H groups in total. The molecule has 2 aromatic carbocycles. The third-order valence-electron chi connectivity index (χ3n) is 4.83. The fourth-order valence-electron chi connectivity index (χ4n) is 3.16. The van der Waals surface area contributed by atoms with Crippen LogP contribution in [-0.2, 0) is 17.8 Å². The van der Waals surface area contributed by atoms with Gasteiger partial charge in [-0.1, -0.05) is 35.5 Å². The van der Waals surface area contributed by atoms with E-state index in [2.05, 4.69) is 10.1 Å². The zero-order valence-electron chi connectivity index (χ0n) is 17.8. The van der Waals surface area contributed by atoms with Crippen molar-refractivity contribution in [3.05, 3.63) is 60.0 Å². The topological polar surface area (TPSA) is 77.7 Å². The SMILES string of the molecule is COc1ccc(-c2noc(CN(C(=O)CCc3ccccc3)C(C)C)n2)cc1OC. The Labute approximate surface area is 176 Å². The Balaban J connectivity index is 1.69. The number of amides is 1. The highest BCUT2D eigenvalue weighted by molar-refractivity contribution is 5.76. The lowest BCUT2D eigenvalue weighted by molar-refractivity contribution is -0.133. The summed E-state index contributed by atoms with van der Waals surface area (Å²) in [5.41, 5.74) is 1.89. The van der Waals surface area contributed by atoms with Crippen molar-refractivity contribution < 1.29 is 18.8 Å². The molecule has 0 aliphatic heterocycles. The summed E-state index contributed by atoms with van der Waals surface area (Å²) >= 11 is 0. The van der Waals surface area contributed by atoms with Gasteiger partial charge in [0.25, 0.3) is 0 Å². The summed E-state index contributed by atoms with van der Waals surface area (Å²) in [6, 6.07) is 15.4. The van der Waals surface area contributed by atoms with Crippen LogP contribution in [0.2, 0.25) is 0 Å². The first-order valence-corrected chi connectivity index (χ1v) is 9.90. The van der Waals surface area contributed by atoms with Gasteiger partial charge in [0.1, 0.15) is 6.54 Å². The summed E-state index contributed by atoms with van der Waals surface area (Å²) < 4.78 is 16.0. The van der Waals surface area contributed by atoms with Gasteiger partial charge in [0.05, 0.1) is 14.2 Å². The summed E-state index contributed by atoms with van der Waals surface area (Å²) in [6.45, 7) is 4.23. The largest absolute Gasteiger partial charge is 0.493 e. The van der Waals surface area contributed by atoms with Gasteiger partial charge in [-0.3, -0.25) is 4.79 Å². The lowest BCUT2D eigenvalue weighted by Crippen LogP contribution is -2.36. The molecule has 1 heterocycles. The van der Waals surface area contributed by atoms with Crippen LogP contribution in [0.1, 0.15) is 31.7 Å². The Morgan fingerprint density at radius 2 is 1.80 bits per heavy atom. The van der Waals surface area contributed by atoms with Gasteiger partial charge in [-0.25, -0.2) is 0 Å². The predicted molar refractivity (Wildman–Crippen MR) is 113 cm³/mol. The van der Waals surface area contributed by atoms with E-state index in [-0.39, 0.29) is 18.5 Å². The molecule has 0 aliphatic carbocycles. The van der Waals surface area contributed by atoms with E-state index in [1.54, 1.807) is 31.3 Å². The highest BCUT2D eigenvalue weighted by atomic mass is 16.5. The van der Waals surface area contributed by atoms with Crippen LogP contribution >= 0.6 is 0 Å². The van der Waals surface area contributed by atoms with E-state index < -0.39 is 0 Å². The molecule has 158 valence electrons. The first-order chi connectivity index (χ1) is 14.5. The Bertz CT molecular complexity index is 970. The van der Waals surface area contributed by atoms with Crippen LogP contribution in [0.5, 0.6) is 11.5 Å². The van der Waals surface area contributed by atoms with Gasteiger partial charge in [-0.05, 0) is 44.0 Å². The average molecular weight is 409 g/mol. The molecule has 3 aromatic rings.